The van der Waals surface area contributed by atoms with E-state index in [-0.39, 0.29) is 17.9 Å². The molecule has 158 valence electrons. The molecule has 0 unspecified atom stereocenters. The van der Waals surface area contributed by atoms with E-state index in [9.17, 15) is 8.42 Å². The van der Waals surface area contributed by atoms with Gasteiger partial charge in [-0.3, -0.25) is 4.98 Å². The van der Waals surface area contributed by atoms with Crippen LogP contribution in [0, 0.1) is 5.92 Å². The highest BCUT2D eigenvalue weighted by Crippen LogP contribution is 2.48. The van der Waals surface area contributed by atoms with Crippen LogP contribution in [0.1, 0.15) is 18.4 Å². The van der Waals surface area contributed by atoms with Crippen molar-refractivity contribution in [1.29, 1.82) is 0 Å². The zero-order valence-corrected chi connectivity index (χ0v) is 18.2. The van der Waals surface area contributed by atoms with Crippen molar-refractivity contribution in [2.45, 2.75) is 23.1 Å². The summed E-state index contributed by atoms with van der Waals surface area (Å²) in [6.45, 7) is 2.07. The van der Waals surface area contributed by atoms with Crippen LogP contribution in [0.3, 0.4) is 0 Å². The van der Waals surface area contributed by atoms with Crippen LogP contribution in [0.25, 0.3) is 10.6 Å². The standard InChI is InChI=1S/C19H17ClN2O2S2.CH2O3/c1-12-18(13-5-3-2-4-6-13)19(12)22-26(23,24)17-10-9-16(25-17)15-8-7-14(20)11-21-15;2-1(3)4/h2-12,18-19,22H,1H3;(H2,2,3,4)/t12-,18-,19+;/m1./s1. The Morgan fingerprint density at radius 2 is 1.77 bits per heavy atom. The van der Waals surface area contributed by atoms with Crippen molar-refractivity contribution in [3.05, 3.63) is 71.4 Å². The first-order valence-electron chi connectivity index (χ1n) is 8.90. The lowest BCUT2D eigenvalue weighted by Crippen LogP contribution is -2.27. The van der Waals surface area contributed by atoms with Gasteiger partial charge in [-0.2, -0.15) is 0 Å². The highest BCUT2D eigenvalue weighted by molar-refractivity contribution is 7.91. The molecule has 1 aliphatic rings. The summed E-state index contributed by atoms with van der Waals surface area (Å²) >= 11 is 7.06. The lowest BCUT2D eigenvalue weighted by atomic mass is 10.1. The molecule has 3 aromatic rings. The molecule has 1 aliphatic carbocycles. The van der Waals surface area contributed by atoms with E-state index in [4.69, 9.17) is 26.6 Å². The first-order valence-corrected chi connectivity index (χ1v) is 11.6. The van der Waals surface area contributed by atoms with Crippen LogP contribution in [0.5, 0.6) is 0 Å². The summed E-state index contributed by atoms with van der Waals surface area (Å²) in [5, 5.41) is 14.5. The smallest absolute Gasteiger partial charge is 0.450 e. The van der Waals surface area contributed by atoms with Crippen molar-refractivity contribution in [2.24, 2.45) is 5.92 Å². The molecule has 1 fully saturated rings. The number of hydrogen-bond acceptors (Lipinski definition) is 5. The van der Waals surface area contributed by atoms with Crippen LogP contribution in [-0.4, -0.2) is 35.8 Å². The number of nitrogens with zero attached hydrogens (tertiary/aromatic N) is 1. The summed E-state index contributed by atoms with van der Waals surface area (Å²) in [7, 11) is -3.55. The number of carboxylic acid groups (broad SMARTS) is 2. The first-order chi connectivity index (χ1) is 14.2. The lowest BCUT2D eigenvalue weighted by molar-refractivity contribution is 0.137. The van der Waals surface area contributed by atoms with Gasteiger partial charge in [0.15, 0.2) is 0 Å². The van der Waals surface area contributed by atoms with Gasteiger partial charge in [-0.15, -0.1) is 11.3 Å². The molecule has 7 nitrogen and oxygen atoms in total. The van der Waals surface area contributed by atoms with Gasteiger partial charge in [-0.25, -0.2) is 17.9 Å². The number of rotatable bonds is 5. The number of nitrogens with one attached hydrogen (secondary N) is 1. The Balaban J connectivity index is 0.000000589. The van der Waals surface area contributed by atoms with Crippen LogP contribution in [0.15, 0.2) is 65.0 Å². The average Bonchev–Trinajstić information content (AvgIpc) is 3.08. The molecule has 2 aromatic heterocycles. The molecule has 10 heteroatoms. The number of thiophene rings is 1. The molecule has 4 rings (SSSR count). The fourth-order valence-corrected chi connectivity index (χ4v) is 5.95. The topological polar surface area (TPSA) is 117 Å². The van der Waals surface area contributed by atoms with E-state index in [1.807, 2.05) is 30.3 Å². The summed E-state index contributed by atoms with van der Waals surface area (Å²) in [5.41, 5.74) is 1.88. The normalized spacial score (nSPS) is 20.1. The van der Waals surface area contributed by atoms with Crippen molar-refractivity contribution in [3.8, 4) is 10.6 Å². The highest BCUT2D eigenvalue weighted by atomic mass is 35.5. The molecule has 2 heterocycles. The molecular weight excluding hydrogens is 448 g/mol. The van der Waals surface area contributed by atoms with E-state index < -0.39 is 16.2 Å². The van der Waals surface area contributed by atoms with E-state index in [1.165, 1.54) is 16.9 Å². The van der Waals surface area contributed by atoms with Crippen LogP contribution in [0.4, 0.5) is 4.79 Å². The molecule has 1 saturated carbocycles. The van der Waals surface area contributed by atoms with Crippen molar-refractivity contribution >= 4 is 39.1 Å². The van der Waals surface area contributed by atoms with Gasteiger partial charge in [0.2, 0.25) is 10.0 Å². The number of pyridine rings is 1. The lowest BCUT2D eigenvalue weighted by Gasteiger charge is -2.04. The maximum Gasteiger partial charge on any atom is 0.503 e. The Morgan fingerprint density at radius 1 is 1.10 bits per heavy atom. The molecule has 0 bridgehead atoms. The molecule has 1 aromatic carbocycles. The molecule has 3 atom stereocenters. The molecule has 0 amide bonds. The maximum absolute atomic E-state index is 12.8. The van der Waals surface area contributed by atoms with Crippen LogP contribution >= 0.6 is 22.9 Å². The first kappa shape index (κ1) is 22.2. The molecule has 0 radical (unpaired) electrons. The molecule has 0 saturated heterocycles. The van der Waals surface area contributed by atoms with E-state index in [0.717, 1.165) is 4.88 Å². The second-order valence-corrected chi connectivity index (χ2v) is 10.2. The Hall–Kier alpha value is -2.46. The number of sulfonamides is 1. The van der Waals surface area contributed by atoms with E-state index in [2.05, 4.69) is 16.6 Å². The fraction of sp³-hybridized carbons (Fsp3) is 0.200. The minimum absolute atomic E-state index is 0.0680. The van der Waals surface area contributed by atoms with Gasteiger partial charge in [0.1, 0.15) is 4.21 Å². The zero-order chi connectivity index (χ0) is 21.9. The van der Waals surface area contributed by atoms with Crippen molar-refractivity contribution < 1.29 is 23.4 Å². The molecule has 3 N–H and O–H groups in total. The van der Waals surface area contributed by atoms with Crippen LogP contribution in [0.2, 0.25) is 5.02 Å². The predicted octanol–water partition coefficient (Wildman–Crippen LogP) is 4.77. The van der Waals surface area contributed by atoms with Gasteiger partial charge in [-0.1, -0.05) is 48.9 Å². The third kappa shape index (κ3) is 5.37. The van der Waals surface area contributed by atoms with Gasteiger partial charge in [0.25, 0.3) is 0 Å². The maximum atomic E-state index is 12.8. The number of benzene rings is 1. The van der Waals surface area contributed by atoms with E-state index in [0.29, 0.717) is 14.9 Å². The summed E-state index contributed by atoms with van der Waals surface area (Å²) in [6.07, 6.45) is -0.278. The monoisotopic (exact) mass is 466 g/mol. The van der Waals surface area contributed by atoms with Crippen molar-refractivity contribution in [3.63, 3.8) is 0 Å². The second-order valence-electron chi connectivity index (χ2n) is 6.71. The number of hydrogen-bond donors (Lipinski definition) is 3. The third-order valence-corrected chi connectivity index (χ3v) is 7.96. The largest absolute Gasteiger partial charge is 0.503 e. The molecule has 0 spiro atoms. The number of carbonyl (C=O) groups is 1. The Labute approximate surface area is 183 Å². The molecule has 30 heavy (non-hydrogen) atoms. The average molecular weight is 467 g/mol. The third-order valence-electron chi connectivity index (χ3n) is 4.68. The minimum atomic E-state index is -3.55. The van der Waals surface area contributed by atoms with E-state index in [1.54, 1.807) is 30.5 Å². The van der Waals surface area contributed by atoms with Crippen molar-refractivity contribution in [2.75, 3.05) is 0 Å². The predicted molar refractivity (Wildman–Crippen MR) is 116 cm³/mol. The quantitative estimate of drug-likeness (QED) is 0.498. The van der Waals surface area contributed by atoms with E-state index >= 15 is 0 Å². The van der Waals surface area contributed by atoms with Crippen LogP contribution in [-0.2, 0) is 10.0 Å². The number of aromatic nitrogens is 1. The minimum Gasteiger partial charge on any atom is -0.450 e. The van der Waals surface area contributed by atoms with Gasteiger partial charge in [0, 0.05) is 18.2 Å². The highest BCUT2D eigenvalue weighted by Gasteiger charge is 2.49. The Bertz CT molecular complexity index is 1110. The van der Waals surface area contributed by atoms with Gasteiger partial charge in [-0.05, 0) is 35.7 Å². The second kappa shape index (κ2) is 9.13. The van der Waals surface area contributed by atoms with Crippen molar-refractivity contribution in [1.82, 2.24) is 9.71 Å². The summed E-state index contributed by atoms with van der Waals surface area (Å²) in [6, 6.07) is 16.9. The Kier molecular flexibility index (Phi) is 6.77. The van der Waals surface area contributed by atoms with Gasteiger partial charge in [0.05, 0.1) is 15.6 Å². The SMILES string of the molecule is C[C@H]1[C@H](NS(=O)(=O)c2ccc(-c3ccc(Cl)cn3)s2)[C@H]1c1ccccc1.O=C(O)O. The summed E-state index contributed by atoms with van der Waals surface area (Å²) in [4.78, 5) is 13.6. The van der Waals surface area contributed by atoms with Gasteiger partial charge >= 0.3 is 6.16 Å². The molecule has 0 aliphatic heterocycles. The zero-order valence-electron chi connectivity index (χ0n) is 15.8. The fourth-order valence-electron chi connectivity index (χ4n) is 3.19. The summed E-state index contributed by atoms with van der Waals surface area (Å²) < 4.78 is 28.7. The van der Waals surface area contributed by atoms with Gasteiger partial charge < -0.3 is 10.2 Å². The Morgan fingerprint density at radius 3 is 2.37 bits per heavy atom. The summed E-state index contributed by atoms with van der Waals surface area (Å²) in [5.74, 6) is 0.507. The number of halogens is 1. The molecular formula is C20H19ClN2O5S2. The van der Waals surface area contributed by atoms with Crippen LogP contribution < -0.4 is 4.72 Å².